The smallest absolute Gasteiger partial charge is 0.151 e. The summed E-state index contributed by atoms with van der Waals surface area (Å²) in [6.07, 6.45) is 33.1. The molecular weight excluding hydrogens is 440 g/mol. The standard InChI is InChI=1S/C32H42N4/c1-3-5-7-9-11-13-15-17-23-31-33-25-29(26-34-31)21-19-20-22-30-27-35-32(36-28-30)24-18-16-14-12-10-8-6-4-2/h17-18,23-28H,3-16H2,1-2H3/b23-17+,24-18+. The Morgan fingerprint density at radius 1 is 0.528 bits per heavy atom. The van der Waals surface area contributed by atoms with Crippen molar-refractivity contribution in [3.05, 3.63) is 59.7 Å². The first-order valence-electron chi connectivity index (χ1n) is 13.8. The third kappa shape index (κ3) is 14.2. The summed E-state index contributed by atoms with van der Waals surface area (Å²) in [5.41, 5.74) is 1.50. The third-order valence-corrected chi connectivity index (χ3v) is 5.80. The Morgan fingerprint density at radius 3 is 1.28 bits per heavy atom. The van der Waals surface area contributed by atoms with E-state index in [1.54, 1.807) is 24.8 Å². The minimum Gasteiger partial charge on any atom is -0.236 e. The Balaban J connectivity index is 1.69. The van der Waals surface area contributed by atoms with Crippen LogP contribution >= 0.6 is 0 Å². The van der Waals surface area contributed by atoms with E-state index in [-0.39, 0.29) is 0 Å². The van der Waals surface area contributed by atoms with Gasteiger partial charge >= 0.3 is 0 Å². The average Bonchev–Trinajstić information content (AvgIpc) is 2.91. The van der Waals surface area contributed by atoms with Gasteiger partial charge < -0.3 is 0 Å². The maximum Gasteiger partial charge on any atom is 0.151 e. The summed E-state index contributed by atoms with van der Waals surface area (Å²) < 4.78 is 0. The van der Waals surface area contributed by atoms with Gasteiger partial charge in [0.05, 0.1) is 11.1 Å². The zero-order valence-corrected chi connectivity index (χ0v) is 22.3. The van der Waals surface area contributed by atoms with Crippen molar-refractivity contribution in [1.82, 2.24) is 19.9 Å². The molecule has 4 nitrogen and oxygen atoms in total. The van der Waals surface area contributed by atoms with Crippen molar-refractivity contribution in [3.8, 4) is 23.7 Å². The zero-order chi connectivity index (χ0) is 25.5. The Morgan fingerprint density at radius 2 is 0.889 bits per heavy atom. The van der Waals surface area contributed by atoms with Crippen molar-refractivity contribution in [1.29, 1.82) is 0 Å². The molecule has 0 amide bonds. The fourth-order valence-corrected chi connectivity index (χ4v) is 3.65. The number of nitrogens with zero attached hydrogens (tertiary/aromatic N) is 4. The first-order valence-corrected chi connectivity index (χ1v) is 13.8. The van der Waals surface area contributed by atoms with Gasteiger partial charge in [-0.1, -0.05) is 90.2 Å². The summed E-state index contributed by atoms with van der Waals surface area (Å²) in [6.45, 7) is 4.50. The lowest BCUT2D eigenvalue weighted by Gasteiger charge is -1.97. The molecule has 0 N–H and O–H groups in total. The van der Waals surface area contributed by atoms with Crippen LogP contribution < -0.4 is 0 Å². The Kier molecular flexibility index (Phi) is 16.1. The van der Waals surface area contributed by atoms with Crippen molar-refractivity contribution in [2.45, 2.75) is 104 Å². The summed E-state index contributed by atoms with van der Waals surface area (Å²) in [4.78, 5) is 17.4. The van der Waals surface area contributed by atoms with Gasteiger partial charge in [0.25, 0.3) is 0 Å². The van der Waals surface area contributed by atoms with Crippen LogP contribution in [0.15, 0.2) is 36.9 Å². The van der Waals surface area contributed by atoms with E-state index in [2.05, 4.69) is 69.6 Å². The fraction of sp³-hybridized carbons (Fsp3) is 0.500. The van der Waals surface area contributed by atoms with Gasteiger partial charge in [-0.2, -0.15) is 0 Å². The second kappa shape index (κ2) is 20.0. The molecule has 0 saturated carbocycles. The lowest BCUT2D eigenvalue weighted by atomic mass is 10.1. The predicted octanol–water partition coefficient (Wildman–Crippen LogP) is 8.20. The molecule has 2 heterocycles. The molecule has 0 aliphatic heterocycles. The number of allylic oxidation sites excluding steroid dienone is 2. The number of hydrogen-bond donors (Lipinski definition) is 0. The van der Waals surface area contributed by atoms with Crippen molar-refractivity contribution in [2.24, 2.45) is 0 Å². The van der Waals surface area contributed by atoms with Crippen LogP contribution in [0.1, 0.15) is 127 Å². The van der Waals surface area contributed by atoms with E-state index >= 15 is 0 Å². The van der Waals surface area contributed by atoms with Gasteiger partial charge in [-0.05, 0) is 61.5 Å². The van der Waals surface area contributed by atoms with Crippen LogP contribution in [0, 0.1) is 23.7 Å². The van der Waals surface area contributed by atoms with Gasteiger partial charge in [0, 0.05) is 24.8 Å². The minimum absolute atomic E-state index is 0.718. The quantitative estimate of drug-likeness (QED) is 0.179. The molecule has 0 spiro atoms. The molecule has 2 aromatic heterocycles. The second-order valence-electron chi connectivity index (χ2n) is 9.08. The highest BCUT2D eigenvalue weighted by Crippen LogP contribution is 2.09. The van der Waals surface area contributed by atoms with Crippen molar-refractivity contribution in [3.63, 3.8) is 0 Å². The minimum atomic E-state index is 0.718. The molecule has 0 unspecified atom stereocenters. The van der Waals surface area contributed by atoms with Gasteiger partial charge in [0.1, 0.15) is 0 Å². The van der Waals surface area contributed by atoms with Crippen molar-refractivity contribution >= 4 is 12.2 Å². The van der Waals surface area contributed by atoms with Crippen molar-refractivity contribution in [2.75, 3.05) is 0 Å². The SMILES string of the molecule is CCCCCCCC/C=C/c1ncc(C#CC#Cc2cnc(/C=C/CCCCCCCC)nc2)cn1. The molecule has 0 saturated heterocycles. The van der Waals surface area contributed by atoms with Crippen LogP contribution in [-0.4, -0.2) is 19.9 Å². The zero-order valence-electron chi connectivity index (χ0n) is 22.3. The van der Waals surface area contributed by atoms with E-state index in [9.17, 15) is 0 Å². The predicted molar refractivity (Wildman–Crippen MR) is 152 cm³/mol. The molecule has 0 radical (unpaired) electrons. The Labute approximate surface area is 219 Å². The lowest BCUT2D eigenvalue weighted by molar-refractivity contribution is 0.611. The molecule has 0 atom stereocenters. The van der Waals surface area contributed by atoms with Crippen molar-refractivity contribution < 1.29 is 0 Å². The van der Waals surface area contributed by atoms with Gasteiger partial charge in [-0.3, -0.25) is 0 Å². The molecule has 2 aromatic rings. The third-order valence-electron chi connectivity index (χ3n) is 5.80. The van der Waals surface area contributed by atoms with E-state index in [1.165, 1.54) is 77.0 Å². The molecule has 0 aromatic carbocycles. The highest BCUT2D eigenvalue weighted by molar-refractivity contribution is 5.45. The molecule has 4 heteroatoms. The Bertz CT molecular complexity index is 927. The van der Waals surface area contributed by atoms with Gasteiger partial charge in [-0.15, -0.1) is 0 Å². The molecule has 0 fully saturated rings. The summed E-state index contributed by atoms with van der Waals surface area (Å²) >= 11 is 0. The van der Waals surface area contributed by atoms with Crippen LogP contribution in [0.3, 0.4) is 0 Å². The number of aromatic nitrogens is 4. The fourth-order valence-electron chi connectivity index (χ4n) is 3.65. The Hall–Kier alpha value is -3.24. The van der Waals surface area contributed by atoms with Crippen LogP contribution in [0.4, 0.5) is 0 Å². The first-order chi connectivity index (χ1) is 17.8. The number of rotatable bonds is 16. The van der Waals surface area contributed by atoms with E-state index in [0.717, 1.165) is 35.6 Å². The highest BCUT2D eigenvalue weighted by atomic mass is 14.9. The number of hydrogen-bond acceptors (Lipinski definition) is 4. The van der Waals surface area contributed by atoms with Crippen LogP contribution in [0.25, 0.3) is 12.2 Å². The van der Waals surface area contributed by atoms with Crippen LogP contribution in [0.5, 0.6) is 0 Å². The molecular formula is C32H42N4. The summed E-state index contributed by atoms with van der Waals surface area (Å²) in [6, 6.07) is 0. The van der Waals surface area contributed by atoms with Gasteiger partial charge in [0.2, 0.25) is 0 Å². The van der Waals surface area contributed by atoms with E-state index in [4.69, 9.17) is 0 Å². The van der Waals surface area contributed by atoms with Crippen LogP contribution in [0.2, 0.25) is 0 Å². The maximum absolute atomic E-state index is 4.36. The first kappa shape index (κ1) is 29.0. The van der Waals surface area contributed by atoms with E-state index < -0.39 is 0 Å². The summed E-state index contributed by atoms with van der Waals surface area (Å²) in [7, 11) is 0. The topological polar surface area (TPSA) is 51.6 Å². The molecule has 0 aliphatic carbocycles. The van der Waals surface area contributed by atoms with Gasteiger partial charge in [-0.25, -0.2) is 19.9 Å². The average molecular weight is 483 g/mol. The second-order valence-corrected chi connectivity index (χ2v) is 9.08. The van der Waals surface area contributed by atoms with E-state index in [0.29, 0.717) is 0 Å². The van der Waals surface area contributed by atoms with Crippen LogP contribution in [-0.2, 0) is 0 Å². The number of unbranched alkanes of at least 4 members (excludes halogenated alkanes) is 12. The molecule has 36 heavy (non-hydrogen) atoms. The normalized spacial score (nSPS) is 10.8. The monoisotopic (exact) mass is 482 g/mol. The summed E-state index contributed by atoms with van der Waals surface area (Å²) in [5.74, 6) is 13.1. The van der Waals surface area contributed by atoms with Gasteiger partial charge in [0.15, 0.2) is 11.6 Å². The summed E-state index contributed by atoms with van der Waals surface area (Å²) in [5, 5.41) is 0. The maximum atomic E-state index is 4.36. The molecule has 190 valence electrons. The van der Waals surface area contributed by atoms with E-state index in [1.807, 2.05) is 12.2 Å². The molecule has 0 bridgehead atoms. The molecule has 0 aliphatic rings. The molecule has 2 rings (SSSR count). The lowest BCUT2D eigenvalue weighted by Crippen LogP contribution is -1.88. The largest absolute Gasteiger partial charge is 0.236 e. The highest BCUT2D eigenvalue weighted by Gasteiger charge is 1.94.